The molecule has 0 spiro atoms. The number of aliphatic carboxylic acids is 1. The molecule has 0 aliphatic carbocycles. The molecule has 10 heteroatoms. The fraction of sp³-hybridized carbons (Fsp3) is 0.474. The average Bonchev–Trinajstić information content (AvgIpc) is 3.31. The van der Waals surface area contributed by atoms with Crippen molar-refractivity contribution in [2.24, 2.45) is 0 Å². The van der Waals surface area contributed by atoms with Gasteiger partial charge in [0, 0.05) is 34.8 Å². The number of aryl methyl sites for hydroxylation is 2. The van der Waals surface area contributed by atoms with Crippen molar-refractivity contribution < 1.29 is 18.3 Å². The van der Waals surface area contributed by atoms with Crippen LogP contribution in [-0.2, 0) is 21.2 Å². The molecule has 1 aliphatic rings. The van der Waals surface area contributed by atoms with Gasteiger partial charge in [0.1, 0.15) is 10.3 Å². The number of sulfonamides is 1. The second kappa shape index (κ2) is 8.78. The first-order valence-corrected chi connectivity index (χ1v) is 11.8. The van der Waals surface area contributed by atoms with E-state index in [4.69, 9.17) is 0 Å². The van der Waals surface area contributed by atoms with Crippen molar-refractivity contribution in [1.29, 1.82) is 0 Å². The van der Waals surface area contributed by atoms with E-state index in [1.807, 2.05) is 13.0 Å². The van der Waals surface area contributed by atoms with E-state index < -0.39 is 22.0 Å². The zero-order chi connectivity index (χ0) is 21.2. The third-order valence-corrected chi connectivity index (χ3v) is 8.22. The molecule has 0 amide bonds. The van der Waals surface area contributed by atoms with E-state index in [9.17, 15) is 23.1 Å². The minimum absolute atomic E-state index is 0.124. The van der Waals surface area contributed by atoms with Gasteiger partial charge in [0.25, 0.3) is 5.56 Å². The molecular weight excluding hydrogens is 414 g/mol. The SMILES string of the molecule is CCc1cc(-c2ccc(S(=O)(=O)NCCN3CCCC3C(=O)O)s2)c(C)[nH]c1=O. The van der Waals surface area contributed by atoms with Crippen LogP contribution in [0.25, 0.3) is 10.4 Å². The number of nitrogens with zero attached hydrogens (tertiary/aromatic N) is 1. The van der Waals surface area contributed by atoms with E-state index in [1.54, 1.807) is 24.0 Å². The van der Waals surface area contributed by atoms with Crippen LogP contribution in [0, 0.1) is 6.92 Å². The van der Waals surface area contributed by atoms with Gasteiger partial charge < -0.3 is 10.1 Å². The van der Waals surface area contributed by atoms with Gasteiger partial charge in [0.15, 0.2) is 0 Å². The van der Waals surface area contributed by atoms with Gasteiger partial charge in [-0.2, -0.15) is 0 Å². The number of nitrogens with one attached hydrogen (secondary N) is 2. The molecular formula is C19H25N3O5S2. The van der Waals surface area contributed by atoms with Gasteiger partial charge in [-0.1, -0.05) is 6.92 Å². The summed E-state index contributed by atoms with van der Waals surface area (Å²) in [7, 11) is -3.69. The smallest absolute Gasteiger partial charge is 0.320 e. The summed E-state index contributed by atoms with van der Waals surface area (Å²) in [5.74, 6) is -0.865. The zero-order valence-electron chi connectivity index (χ0n) is 16.4. The fourth-order valence-corrected chi connectivity index (χ4v) is 6.01. The van der Waals surface area contributed by atoms with Gasteiger partial charge in [0.2, 0.25) is 10.0 Å². The highest BCUT2D eigenvalue weighted by atomic mass is 32.2. The first-order chi connectivity index (χ1) is 13.7. The largest absolute Gasteiger partial charge is 0.480 e. The molecule has 1 unspecified atom stereocenters. The lowest BCUT2D eigenvalue weighted by atomic mass is 10.1. The quantitative estimate of drug-likeness (QED) is 0.577. The Kier molecular flexibility index (Phi) is 6.57. The summed E-state index contributed by atoms with van der Waals surface area (Å²) in [6, 6.07) is 4.56. The van der Waals surface area contributed by atoms with Crippen molar-refractivity contribution >= 4 is 27.3 Å². The van der Waals surface area contributed by atoms with Crippen LogP contribution >= 0.6 is 11.3 Å². The summed E-state index contributed by atoms with van der Waals surface area (Å²) in [4.78, 5) is 28.5. The number of carboxylic acid groups (broad SMARTS) is 1. The highest BCUT2D eigenvalue weighted by Gasteiger charge is 2.30. The number of likely N-dealkylation sites (tertiary alicyclic amines) is 1. The van der Waals surface area contributed by atoms with E-state index in [0.29, 0.717) is 37.2 Å². The van der Waals surface area contributed by atoms with Crippen molar-refractivity contribution in [1.82, 2.24) is 14.6 Å². The Bertz CT molecular complexity index is 1060. The molecule has 3 N–H and O–H groups in total. The number of rotatable bonds is 8. The van der Waals surface area contributed by atoms with Crippen molar-refractivity contribution in [3.8, 4) is 10.4 Å². The Hall–Kier alpha value is -2.01. The number of hydrogen-bond donors (Lipinski definition) is 3. The summed E-state index contributed by atoms with van der Waals surface area (Å²) in [6.07, 6.45) is 1.99. The minimum atomic E-state index is -3.69. The van der Waals surface area contributed by atoms with Gasteiger partial charge in [-0.05, 0) is 50.9 Å². The van der Waals surface area contributed by atoms with Crippen LogP contribution < -0.4 is 10.3 Å². The number of thiophene rings is 1. The summed E-state index contributed by atoms with van der Waals surface area (Å²) in [6.45, 7) is 4.85. The second-order valence-corrected chi connectivity index (χ2v) is 10.1. The lowest BCUT2D eigenvalue weighted by Gasteiger charge is -2.20. The monoisotopic (exact) mass is 439 g/mol. The Balaban J connectivity index is 1.71. The van der Waals surface area contributed by atoms with Crippen LogP contribution in [0.15, 0.2) is 27.2 Å². The van der Waals surface area contributed by atoms with Crippen molar-refractivity contribution in [2.75, 3.05) is 19.6 Å². The highest BCUT2D eigenvalue weighted by molar-refractivity contribution is 7.91. The van der Waals surface area contributed by atoms with Gasteiger partial charge >= 0.3 is 5.97 Å². The normalized spacial score (nSPS) is 17.7. The number of hydrogen-bond acceptors (Lipinski definition) is 6. The average molecular weight is 440 g/mol. The molecule has 0 bridgehead atoms. The van der Waals surface area contributed by atoms with E-state index >= 15 is 0 Å². The molecule has 1 saturated heterocycles. The zero-order valence-corrected chi connectivity index (χ0v) is 18.0. The maximum Gasteiger partial charge on any atom is 0.320 e. The van der Waals surface area contributed by atoms with Gasteiger partial charge in [0.05, 0.1) is 0 Å². The van der Waals surface area contributed by atoms with Crippen LogP contribution in [0.3, 0.4) is 0 Å². The minimum Gasteiger partial charge on any atom is -0.480 e. The molecule has 0 radical (unpaired) electrons. The van der Waals surface area contributed by atoms with Gasteiger partial charge in [-0.3, -0.25) is 14.5 Å². The van der Waals surface area contributed by atoms with E-state index in [-0.39, 0.29) is 16.3 Å². The van der Waals surface area contributed by atoms with E-state index in [2.05, 4.69) is 9.71 Å². The first kappa shape index (κ1) is 21.7. The maximum absolute atomic E-state index is 12.6. The van der Waals surface area contributed by atoms with E-state index in [0.717, 1.165) is 28.2 Å². The molecule has 0 aromatic carbocycles. The summed E-state index contributed by atoms with van der Waals surface area (Å²) >= 11 is 1.14. The lowest BCUT2D eigenvalue weighted by molar-refractivity contribution is -0.142. The molecule has 2 aromatic rings. The van der Waals surface area contributed by atoms with E-state index in [1.165, 1.54) is 0 Å². The summed E-state index contributed by atoms with van der Waals surface area (Å²) in [5, 5.41) is 9.21. The predicted molar refractivity (Wildman–Crippen MR) is 112 cm³/mol. The Morgan fingerprint density at radius 3 is 2.86 bits per heavy atom. The standard InChI is InChI=1S/C19H25N3O5S2/c1-3-13-11-14(12(2)21-18(13)23)16-6-7-17(28-16)29(26,27)20-8-10-22-9-4-5-15(22)19(24)25/h6-7,11,15,20H,3-5,8-10H2,1-2H3,(H,21,23)(H,24,25). The number of aromatic amines is 1. The highest BCUT2D eigenvalue weighted by Crippen LogP contribution is 2.32. The molecule has 8 nitrogen and oxygen atoms in total. The van der Waals surface area contributed by atoms with Crippen LogP contribution in [0.4, 0.5) is 0 Å². The van der Waals surface area contributed by atoms with Gasteiger partial charge in [-0.25, -0.2) is 13.1 Å². The molecule has 3 rings (SSSR count). The van der Waals surface area contributed by atoms with Crippen molar-refractivity contribution in [3.05, 3.63) is 39.8 Å². The Morgan fingerprint density at radius 2 is 2.17 bits per heavy atom. The number of pyridine rings is 1. The van der Waals surface area contributed by atoms with Crippen molar-refractivity contribution in [3.63, 3.8) is 0 Å². The summed E-state index contributed by atoms with van der Waals surface area (Å²) in [5.41, 5.74) is 2.04. The third kappa shape index (κ3) is 4.77. The molecule has 29 heavy (non-hydrogen) atoms. The van der Waals surface area contributed by atoms with Crippen LogP contribution in [-0.4, -0.2) is 55.1 Å². The number of carbonyl (C=O) groups is 1. The molecule has 3 heterocycles. The topological polar surface area (TPSA) is 120 Å². The lowest BCUT2D eigenvalue weighted by Crippen LogP contribution is -2.41. The number of carboxylic acids is 1. The first-order valence-electron chi connectivity index (χ1n) is 9.52. The maximum atomic E-state index is 12.6. The predicted octanol–water partition coefficient (Wildman–Crippen LogP) is 1.80. The second-order valence-electron chi connectivity index (χ2n) is 7.06. The number of aromatic nitrogens is 1. The van der Waals surface area contributed by atoms with Crippen LogP contribution in [0.1, 0.15) is 31.0 Å². The fourth-order valence-electron chi connectivity index (χ4n) is 3.56. The van der Waals surface area contributed by atoms with Crippen LogP contribution in [0.5, 0.6) is 0 Å². The Morgan fingerprint density at radius 1 is 1.41 bits per heavy atom. The molecule has 1 fully saturated rings. The van der Waals surface area contributed by atoms with Crippen LogP contribution in [0.2, 0.25) is 0 Å². The molecule has 0 saturated carbocycles. The molecule has 158 valence electrons. The Labute approximate surface area is 173 Å². The molecule has 1 aliphatic heterocycles. The number of H-pyrrole nitrogens is 1. The molecule has 1 atom stereocenters. The van der Waals surface area contributed by atoms with Crippen molar-refractivity contribution in [2.45, 2.75) is 43.4 Å². The van der Waals surface area contributed by atoms with Gasteiger partial charge in [-0.15, -0.1) is 11.3 Å². The summed E-state index contributed by atoms with van der Waals surface area (Å²) < 4.78 is 28.0. The third-order valence-electron chi connectivity index (χ3n) is 5.15. The molecule has 2 aromatic heterocycles.